The first kappa shape index (κ1) is 16.9. The zero-order chi connectivity index (χ0) is 18.3. The molecule has 1 aliphatic heterocycles. The second kappa shape index (κ2) is 6.65. The number of carbonyl (C=O) groups excluding carboxylic acids is 2. The molecule has 2 amide bonds. The number of carbonyl (C=O) groups is 2. The number of furan rings is 1. The number of hydrogen-bond acceptors (Lipinski definition) is 7. The summed E-state index contributed by atoms with van der Waals surface area (Å²) in [5.41, 5.74) is 1.71. The number of fused-ring (bicyclic) bond motifs is 1. The number of aryl methyl sites for hydroxylation is 2. The summed E-state index contributed by atoms with van der Waals surface area (Å²) in [5.74, 6) is -0.0795. The molecule has 9 heteroatoms. The van der Waals surface area contributed by atoms with Gasteiger partial charge in [0.15, 0.2) is 10.9 Å². The van der Waals surface area contributed by atoms with Gasteiger partial charge in [0.2, 0.25) is 0 Å². The molecule has 134 valence electrons. The molecule has 0 saturated carbocycles. The Morgan fingerprint density at radius 2 is 2.12 bits per heavy atom. The highest BCUT2D eigenvalue weighted by Crippen LogP contribution is 2.30. The summed E-state index contributed by atoms with van der Waals surface area (Å²) in [7, 11) is 0. The predicted octanol–water partition coefficient (Wildman–Crippen LogP) is 3.26. The minimum atomic E-state index is -0.329. The topological polar surface area (TPSA) is 88.3 Å². The zero-order valence-electron chi connectivity index (χ0n) is 14.2. The summed E-state index contributed by atoms with van der Waals surface area (Å²) in [5, 5.41) is 4.17. The Kier molecular flexibility index (Phi) is 4.33. The number of hydrogen-bond donors (Lipinski definition) is 1. The number of rotatable bonds is 3. The van der Waals surface area contributed by atoms with Crippen molar-refractivity contribution in [1.82, 2.24) is 14.9 Å². The number of nitrogens with one attached hydrogen (secondary N) is 1. The van der Waals surface area contributed by atoms with Crippen LogP contribution in [0.1, 0.15) is 41.5 Å². The van der Waals surface area contributed by atoms with Crippen molar-refractivity contribution in [2.24, 2.45) is 0 Å². The van der Waals surface area contributed by atoms with Crippen LogP contribution >= 0.6 is 22.7 Å². The minimum absolute atomic E-state index is 0.00770. The van der Waals surface area contributed by atoms with Gasteiger partial charge in [0.1, 0.15) is 4.88 Å². The minimum Gasteiger partial charge on any atom is -0.459 e. The quantitative estimate of drug-likeness (QED) is 0.744. The van der Waals surface area contributed by atoms with Crippen molar-refractivity contribution in [3.63, 3.8) is 0 Å². The van der Waals surface area contributed by atoms with Gasteiger partial charge in [-0.3, -0.25) is 14.9 Å². The van der Waals surface area contributed by atoms with Crippen molar-refractivity contribution in [2.75, 3.05) is 11.9 Å². The Labute approximate surface area is 157 Å². The fraction of sp³-hybridized carbons (Fsp3) is 0.294. The molecule has 3 aromatic rings. The van der Waals surface area contributed by atoms with Gasteiger partial charge in [0.05, 0.1) is 29.2 Å². The molecule has 26 heavy (non-hydrogen) atoms. The molecule has 0 saturated heterocycles. The van der Waals surface area contributed by atoms with Crippen LogP contribution in [0.4, 0.5) is 5.13 Å². The summed E-state index contributed by atoms with van der Waals surface area (Å²) < 4.78 is 5.09. The van der Waals surface area contributed by atoms with E-state index < -0.39 is 0 Å². The van der Waals surface area contributed by atoms with Crippen LogP contribution in [0, 0.1) is 13.8 Å². The highest BCUT2D eigenvalue weighted by molar-refractivity contribution is 7.16. The molecule has 0 aliphatic carbocycles. The molecular weight excluding hydrogens is 372 g/mol. The highest BCUT2D eigenvalue weighted by Gasteiger charge is 2.27. The highest BCUT2D eigenvalue weighted by atomic mass is 32.1. The molecule has 1 aliphatic rings. The van der Waals surface area contributed by atoms with E-state index in [1.807, 2.05) is 18.7 Å². The van der Waals surface area contributed by atoms with Gasteiger partial charge in [-0.25, -0.2) is 9.97 Å². The van der Waals surface area contributed by atoms with E-state index in [0.717, 1.165) is 21.3 Å². The number of anilines is 1. The molecule has 0 unspecified atom stereocenters. The zero-order valence-corrected chi connectivity index (χ0v) is 15.9. The van der Waals surface area contributed by atoms with Crippen LogP contribution < -0.4 is 5.32 Å². The Bertz CT molecular complexity index is 974. The van der Waals surface area contributed by atoms with Crippen LogP contribution in [-0.4, -0.2) is 33.2 Å². The van der Waals surface area contributed by atoms with Crippen LogP contribution in [0.2, 0.25) is 0 Å². The first-order valence-electron chi connectivity index (χ1n) is 8.08. The first-order valence-corrected chi connectivity index (χ1v) is 9.71. The van der Waals surface area contributed by atoms with Gasteiger partial charge >= 0.3 is 0 Å². The number of amides is 2. The van der Waals surface area contributed by atoms with Crippen LogP contribution in [-0.2, 0) is 13.0 Å². The van der Waals surface area contributed by atoms with E-state index in [9.17, 15) is 9.59 Å². The summed E-state index contributed by atoms with van der Waals surface area (Å²) >= 11 is 2.82. The molecule has 0 bridgehead atoms. The Morgan fingerprint density at radius 3 is 2.81 bits per heavy atom. The van der Waals surface area contributed by atoms with Crippen LogP contribution in [0.3, 0.4) is 0 Å². The fourth-order valence-electron chi connectivity index (χ4n) is 2.86. The molecule has 0 atom stereocenters. The molecule has 4 heterocycles. The van der Waals surface area contributed by atoms with Crippen LogP contribution in [0.5, 0.6) is 0 Å². The monoisotopic (exact) mass is 388 g/mol. The van der Waals surface area contributed by atoms with Gasteiger partial charge in [0, 0.05) is 17.8 Å². The predicted molar refractivity (Wildman–Crippen MR) is 98.8 cm³/mol. The van der Waals surface area contributed by atoms with E-state index >= 15 is 0 Å². The molecule has 3 aromatic heterocycles. The SMILES string of the molecule is Cc1nc(C)c(C(=O)N2CCc3nc(NC(=O)c4ccco4)sc3C2)s1. The van der Waals surface area contributed by atoms with E-state index in [2.05, 4.69) is 15.3 Å². The summed E-state index contributed by atoms with van der Waals surface area (Å²) in [4.78, 5) is 37.2. The maximum absolute atomic E-state index is 12.8. The van der Waals surface area contributed by atoms with E-state index in [-0.39, 0.29) is 17.6 Å². The number of aromatic nitrogens is 2. The third-order valence-electron chi connectivity index (χ3n) is 4.08. The molecule has 0 spiro atoms. The third-order valence-corrected chi connectivity index (χ3v) is 6.14. The average Bonchev–Trinajstić information content (AvgIpc) is 3.32. The Hall–Kier alpha value is -2.52. The Morgan fingerprint density at radius 1 is 1.27 bits per heavy atom. The lowest BCUT2D eigenvalue weighted by Crippen LogP contribution is -2.35. The number of thiazole rings is 2. The summed E-state index contributed by atoms with van der Waals surface area (Å²) in [6.07, 6.45) is 2.12. The van der Waals surface area contributed by atoms with Gasteiger partial charge in [-0.15, -0.1) is 11.3 Å². The molecule has 0 fully saturated rings. The van der Waals surface area contributed by atoms with Crippen molar-refractivity contribution in [3.8, 4) is 0 Å². The van der Waals surface area contributed by atoms with Gasteiger partial charge in [-0.1, -0.05) is 11.3 Å². The van der Waals surface area contributed by atoms with Crippen molar-refractivity contribution in [1.29, 1.82) is 0 Å². The summed E-state index contributed by atoms with van der Waals surface area (Å²) in [6.45, 7) is 4.87. The van der Waals surface area contributed by atoms with Crippen molar-refractivity contribution in [2.45, 2.75) is 26.8 Å². The van der Waals surface area contributed by atoms with E-state index in [4.69, 9.17) is 4.42 Å². The van der Waals surface area contributed by atoms with Crippen LogP contribution in [0.25, 0.3) is 0 Å². The maximum atomic E-state index is 12.8. The smallest absolute Gasteiger partial charge is 0.293 e. The van der Waals surface area contributed by atoms with Crippen molar-refractivity contribution in [3.05, 3.63) is 50.3 Å². The van der Waals surface area contributed by atoms with Gasteiger partial charge in [-0.2, -0.15) is 0 Å². The Balaban J connectivity index is 1.49. The first-order chi connectivity index (χ1) is 12.5. The second-order valence-electron chi connectivity index (χ2n) is 5.94. The standard InChI is InChI=1S/C17H16N4O3S2/c1-9-14(25-10(2)18-9)16(23)21-6-5-11-13(8-21)26-17(19-11)20-15(22)12-4-3-7-24-12/h3-4,7H,5-6,8H2,1-2H3,(H,19,20,22). The molecule has 1 N–H and O–H groups in total. The normalized spacial score (nSPS) is 13.5. The lowest BCUT2D eigenvalue weighted by Gasteiger charge is -2.25. The van der Waals surface area contributed by atoms with E-state index in [0.29, 0.717) is 29.5 Å². The molecular formula is C17H16N4O3S2. The lowest BCUT2D eigenvalue weighted by molar-refractivity contribution is 0.0740. The van der Waals surface area contributed by atoms with Gasteiger partial charge in [0.25, 0.3) is 11.8 Å². The molecule has 0 aromatic carbocycles. The van der Waals surface area contributed by atoms with Gasteiger partial charge < -0.3 is 9.32 Å². The van der Waals surface area contributed by atoms with Gasteiger partial charge in [-0.05, 0) is 26.0 Å². The van der Waals surface area contributed by atoms with Crippen molar-refractivity contribution < 1.29 is 14.0 Å². The largest absolute Gasteiger partial charge is 0.459 e. The third kappa shape index (κ3) is 3.15. The lowest BCUT2D eigenvalue weighted by atomic mass is 10.1. The van der Waals surface area contributed by atoms with Crippen LogP contribution in [0.15, 0.2) is 22.8 Å². The van der Waals surface area contributed by atoms with E-state index in [1.165, 1.54) is 28.9 Å². The second-order valence-corrected chi connectivity index (χ2v) is 8.23. The maximum Gasteiger partial charge on any atom is 0.293 e. The van der Waals surface area contributed by atoms with Crippen molar-refractivity contribution >= 4 is 39.6 Å². The summed E-state index contributed by atoms with van der Waals surface area (Å²) in [6, 6.07) is 3.26. The number of nitrogens with zero attached hydrogens (tertiary/aromatic N) is 3. The molecule has 7 nitrogen and oxygen atoms in total. The average molecular weight is 388 g/mol. The van der Waals surface area contributed by atoms with E-state index in [1.54, 1.807) is 12.1 Å². The molecule has 0 radical (unpaired) electrons. The fourth-order valence-corrected chi connectivity index (χ4v) is 4.77. The molecule has 4 rings (SSSR count).